The zero-order chi connectivity index (χ0) is 16.4. The van der Waals surface area contributed by atoms with Crippen LogP contribution >= 0.6 is 0 Å². The summed E-state index contributed by atoms with van der Waals surface area (Å²) in [5.41, 5.74) is 7.06. The molecule has 0 aliphatic heterocycles. The predicted octanol–water partition coefficient (Wildman–Crippen LogP) is 3.03. The van der Waals surface area contributed by atoms with Gasteiger partial charge < -0.3 is 15.6 Å². The molecule has 0 aliphatic rings. The monoisotopic (exact) mass is 307 g/mol. The van der Waals surface area contributed by atoms with Crippen LogP contribution in [-0.2, 0) is 0 Å². The van der Waals surface area contributed by atoms with E-state index in [0.717, 1.165) is 22.1 Å². The summed E-state index contributed by atoms with van der Waals surface area (Å²) in [7, 11) is 1.63. The molecule has 0 saturated heterocycles. The third-order valence-corrected chi connectivity index (χ3v) is 3.87. The molecule has 1 unspecified atom stereocenters. The lowest BCUT2D eigenvalue weighted by molar-refractivity contribution is 0.1000. The molecule has 3 aromatic carbocycles. The second-order valence-corrected chi connectivity index (χ2v) is 5.36. The highest BCUT2D eigenvalue weighted by atomic mass is 16.5. The minimum Gasteiger partial charge on any atom is -0.497 e. The van der Waals surface area contributed by atoms with Gasteiger partial charge in [-0.15, -0.1) is 0 Å². The Morgan fingerprint density at radius 2 is 1.70 bits per heavy atom. The van der Waals surface area contributed by atoms with E-state index in [4.69, 9.17) is 10.5 Å². The number of amides is 1. The second-order valence-electron chi connectivity index (χ2n) is 5.36. The van der Waals surface area contributed by atoms with E-state index in [9.17, 15) is 9.90 Å². The van der Waals surface area contributed by atoms with Gasteiger partial charge in [0.2, 0.25) is 5.91 Å². The zero-order valence-corrected chi connectivity index (χ0v) is 12.7. The summed E-state index contributed by atoms with van der Waals surface area (Å²) in [6.45, 7) is 0. The first-order chi connectivity index (χ1) is 11.1. The van der Waals surface area contributed by atoms with Crippen LogP contribution in [0.3, 0.4) is 0 Å². The maximum atomic E-state index is 11.3. The van der Waals surface area contributed by atoms with E-state index in [0.29, 0.717) is 11.1 Å². The largest absolute Gasteiger partial charge is 0.497 e. The van der Waals surface area contributed by atoms with E-state index in [-0.39, 0.29) is 0 Å². The lowest BCUT2D eigenvalue weighted by Crippen LogP contribution is -2.11. The minimum absolute atomic E-state index is 0.382. The molecule has 0 bridgehead atoms. The summed E-state index contributed by atoms with van der Waals surface area (Å²) in [6, 6.07) is 18.2. The van der Waals surface area contributed by atoms with Crippen LogP contribution in [0.2, 0.25) is 0 Å². The molecule has 1 amide bonds. The molecule has 0 spiro atoms. The van der Waals surface area contributed by atoms with Crippen molar-refractivity contribution in [1.29, 1.82) is 0 Å². The smallest absolute Gasteiger partial charge is 0.248 e. The van der Waals surface area contributed by atoms with Crippen molar-refractivity contribution in [2.45, 2.75) is 6.10 Å². The number of fused-ring (bicyclic) bond motifs is 1. The number of benzene rings is 3. The third kappa shape index (κ3) is 3.03. The van der Waals surface area contributed by atoms with Crippen LogP contribution in [0.1, 0.15) is 27.6 Å². The Bertz CT molecular complexity index is 873. The zero-order valence-electron chi connectivity index (χ0n) is 12.7. The number of hydrogen-bond acceptors (Lipinski definition) is 3. The van der Waals surface area contributed by atoms with Gasteiger partial charge in [-0.1, -0.05) is 30.3 Å². The fourth-order valence-corrected chi connectivity index (χ4v) is 2.59. The molecule has 0 fully saturated rings. The standard InChI is InChI=1S/C19H17NO3/c1-23-17-8-7-12-9-15(6-5-13(12)11-17)18(21)14-3-2-4-16(10-14)19(20)22/h2-11,18,21H,1H3,(H2,20,22). The van der Waals surface area contributed by atoms with Crippen molar-refractivity contribution < 1.29 is 14.6 Å². The molecule has 4 nitrogen and oxygen atoms in total. The van der Waals surface area contributed by atoms with Gasteiger partial charge >= 0.3 is 0 Å². The van der Waals surface area contributed by atoms with Crippen LogP contribution in [0.5, 0.6) is 5.75 Å². The van der Waals surface area contributed by atoms with Crippen molar-refractivity contribution in [3.05, 3.63) is 77.4 Å². The van der Waals surface area contributed by atoms with Crippen molar-refractivity contribution in [2.24, 2.45) is 5.73 Å². The first-order valence-electron chi connectivity index (χ1n) is 7.24. The summed E-state index contributed by atoms with van der Waals surface area (Å²) >= 11 is 0. The average Bonchev–Trinajstić information content (AvgIpc) is 2.60. The van der Waals surface area contributed by atoms with Crippen molar-refractivity contribution in [1.82, 2.24) is 0 Å². The SMILES string of the molecule is COc1ccc2cc(C(O)c3cccc(C(N)=O)c3)ccc2c1. The van der Waals surface area contributed by atoms with Gasteiger partial charge in [0.05, 0.1) is 7.11 Å². The van der Waals surface area contributed by atoms with Crippen molar-refractivity contribution in [3.63, 3.8) is 0 Å². The summed E-state index contributed by atoms with van der Waals surface area (Å²) in [5, 5.41) is 12.6. The predicted molar refractivity (Wildman–Crippen MR) is 89.5 cm³/mol. The Labute approximate surface area is 134 Å². The quantitative estimate of drug-likeness (QED) is 0.778. The number of ether oxygens (including phenoxy) is 1. The van der Waals surface area contributed by atoms with E-state index in [1.54, 1.807) is 31.4 Å². The maximum Gasteiger partial charge on any atom is 0.248 e. The Morgan fingerprint density at radius 1 is 1.00 bits per heavy atom. The lowest BCUT2D eigenvalue weighted by atomic mass is 9.97. The Kier molecular flexibility index (Phi) is 4.00. The Hall–Kier alpha value is -2.85. The van der Waals surface area contributed by atoms with Crippen LogP contribution in [-0.4, -0.2) is 18.1 Å². The molecule has 4 heteroatoms. The molecule has 3 aromatic rings. The maximum absolute atomic E-state index is 11.3. The lowest BCUT2D eigenvalue weighted by Gasteiger charge is -2.13. The van der Waals surface area contributed by atoms with Gasteiger partial charge in [0, 0.05) is 5.56 Å². The topological polar surface area (TPSA) is 72.6 Å². The van der Waals surface area contributed by atoms with Gasteiger partial charge in [-0.2, -0.15) is 0 Å². The molecular formula is C19H17NO3. The van der Waals surface area contributed by atoms with E-state index >= 15 is 0 Å². The number of carbonyl (C=O) groups is 1. The van der Waals surface area contributed by atoms with Crippen molar-refractivity contribution >= 4 is 16.7 Å². The number of nitrogens with two attached hydrogens (primary N) is 1. The van der Waals surface area contributed by atoms with Crippen molar-refractivity contribution in [3.8, 4) is 5.75 Å². The molecule has 3 N–H and O–H groups in total. The molecule has 0 saturated carbocycles. The number of hydrogen-bond donors (Lipinski definition) is 2. The summed E-state index contributed by atoms with van der Waals surface area (Å²) < 4.78 is 5.21. The molecule has 23 heavy (non-hydrogen) atoms. The van der Waals surface area contributed by atoms with Gasteiger partial charge in [0.1, 0.15) is 11.9 Å². The fraction of sp³-hybridized carbons (Fsp3) is 0.105. The van der Waals surface area contributed by atoms with Crippen LogP contribution in [0.4, 0.5) is 0 Å². The molecule has 3 rings (SSSR count). The molecule has 0 heterocycles. The van der Waals surface area contributed by atoms with Gasteiger partial charge in [0.25, 0.3) is 0 Å². The van der Waals surface area contributed by atoms with Crippen molar-refractivity contribution in [2.75, 3.05) is 7.11 Å². The fourth-order valence-electron chi connectivity index (χ4n) is 2.59. The van der Waals surface area contributed by atoms with E-state index in [1.165, 1.54) is 0 Å². The number of rotatable bonds is 4. The van der Waals surface area contributed by atoms with Crippen LogP contribution in [0, 0.1) is 0 Å². The highest BCUT2D eigenvalue weighted by Gasteiger charge is 2.13. The first-order valence-corrected chi connectivity index (χ1v) is 7.24. The summed E-state index contributed by atoms with van der Waals surface area (Å²) in [5.74, 6) is 0.282. The minimum atomic E-state index is -0.819. The van der Waals surface area contributed by atoms with E-state index < -0.39 is 12.0 Å². The van der Waals surface area contributed by atoms with Gasteiger partial charge in [-0.05, 0) is 52.2 Å². The number of methoxy groups -OCH3 is 1. The second kappa shape index (κ2) is 6.10. The summed E-state index contributed by atoms with van der Waals surface area (Å²) in [6.07, 6.45) is -0.819. The number of primary amides is 1. The summed E-state index contributed by atoms with van der Waals surface area (Å²) in [4.78, 5) is 11.3. The molecule has 0 aliphatic carbocycles. The van der Waals surface area contributed by atoms with Crippen LogP contribution < -0.4 is 10.5 Å². The molecule has 0 radical (unpaired) electrons. The number of aliphatic hydroxyl groups excluding tert-OH is 1. The average molecular weight is 307 g/mol. The first kappa shape index (κ1) is 15.1. The molecular weight excluding hydrogens is 290 g/mol. The molecule has 0 aromatic heterocycles. The number of carbonyl (C=O) groups excluding carboxylic acids is 1. The Balaban J connectivity index is 1.99. The van der Waals surface area contributed by atoms with Gasteiger partial charge in [0.15, 0.2) is 0 Å². The van der Waals surface area contributed by atoms with Gasteiger partial charge in [-0.25, -0.2) is 0 Å². The highest BCUT2D eigenvalue weighted by molar-refractivity contribution is 5.93. The number of aliphatic hydroxyl groups is 1. The van der Waals surface area contributed by atoms with E-state index in [1.807, 2.05) is 36.4 Å². The molecule has 1 atom stereocenters. The highest BCUT2D eigenvalue weighted by Crippen LogP contribution is 2.27. The third-order valence-electron chi connectivity index (χ3n) is 3.87. The van der Waals surface area contributed by atoms with Gasteiger partial charge in [-0.3, -0.25) is 4.79 Å². The Morgan fingerprint density at radius 3 is 2.43 bits per heavy atom. The van der Waals surface area contributed by atoms with Crippen LogP contribution in [0.25, 0.3) is 10.8 Å². The normalized spacial score (nSPS) is 12.1. The van der Waals surface area contributed by atoms with E-state index in [2.05, 4.69) is 0 Å². The molecule has 116 valence electrons. The van der Waals surface area contributed by atoms with Crippen LogP contribution in [0.15, 0.2) is 60.7 Å².